The molecule has 132 valence electrons. The van der Waals surface area contributed by atoms with E-state index in [9.17, 15) is 14.7 Å². The lowest BCUT2D eigenvalue weighted by Gasteiger charge is -2.40. The van der Waals surface area contributed by atoms with Crippen LogP contribution in [-0.4, -0.2) is 54.9 Å². The third-order valence-corrected chi connectivity index (χ3v) is 5.40. The molecule has 0 bridgehead atoms. The zero-order valence-corrected chi connectivity index (χ0v) is 15.1. The number of benzene rings is 1. The quantitative estimate of drug-likeness (QED) is 0.604. The van der Waals surface area contributed by atoms with Crippen LogP contribution in [0.5, 0.6) is 0 Å². The highest BCUT2D eigenvalue weighted by atomic mass is 32.2. The summed E-state index contributed by atoms with van der Waals surface area (Å²) in [6.07, 6.45) is 4.54. The third kappa shape index (κ3) is 4.30. The van der Waals surface area contributed by atoms with Gasteiger partial charge in [-0.25, -0.2) is 0 Å². The Bertz CT molecular complexity index is 575. The Morgan fingerprint density at radius 2 is 2.04 bits per heavy atom. The molecule has 5 nitrogen and oxygen atoms in total. The van der Waals surface area contributed by atoms with Crippen LogP contribution >= 0.6 is 11.8 Å². The second-order valence-corrected chi connectivity index (χ2v) is 7.12. The summed E-state index contributed by atoms with van der Waals surface area (Å²) in [5, 5.41) is 9.74. The number of thioether (sulfide) groups is 1. The molecule has 1 aromatic rings. The highest BCUT2D eigenvalue weighted by Crippen LogP contribution is 2.35. The first-order valence-corrected chi connectivity index (χ1v) is 9.40. The average Bonchev–Trinajstić information content (AvgIpc) is 2.61. The van der Waals surface area contributed by atoms with Crippen molar-refractivity contribution in [3.05, 3.63) is 29.8 Å². The molecule has 1 aromatic carbocycles. The summed E-state index contributed by atoms with van der Waals surface area (Å²) in [7, 11) is 1.61. The summed E-state index contributed by atoms with van der Waals surface area (Å²) in [5.41, 5.74) is -0.239. The maximum atomic E-state index is 12.7. The normalized spacial score (nSPS) is 20.8. The van der Waals surface area contributed by atoms with Gasteiger partial charge in [0, 0.05) is 37.3 Å². The van der Waals surface area contributed by atoms with E-state index in [1.807, 2.05) is 30.5 Å². The first kappa shape index (κ1) is 18.8. The van der Waals surface area contributed by atoms with Gasteiger partial charge in [-0.15, -0.1) is 11.8 Å². The largest absolute Gasteiger partial charge is 0.481 e. The standard InChI is InChI=1S/C18H25NO4S/c1-23-12-4-10-18(17(21)22)9-3-11-19(13-18)16(20)14-5-7-15(24-2)8-6-14/h5-8H,3-4,9-13H2,1-2H3,(H,21,22). The first-order valence-electron chi connectivity index (χ1n) is 8.18. The van der Waals surface area contributed by atoms with E-state index in [2.05, 4.69) is 0 Å². The van der Waals surface area contributed by atoms with Gasteiger partial charge in [0.05, 0.1) is 5.41 Å². The van der Waals surface area contributed by atoms with E-state index in [0.29, 0.717) is 44.4 Å². The maximum absolute atomic E-state index is 12.7. The van der Waals surface area contributed by atoms with E-state index in [1.165, 1.54) is 0 Å². The molecule has 1 N–H and O–H groups in total. The van der Waals surface area contributed by atoms with Crippen molar-refractivity contribution in [1.29, 1.82) is 0 Å². The van der Waals surface area contributed by atoms with Crippen molar-refractivity contribution in [2.45, 2.75) is 30.6 Å². The number of carboxylic acids is 1. The smallest absolute Gasteiger partial charge is 0.311 e. The Morgan fingerprint density at radius 3 is 2.62 bits per heavy atom. The van der Waals surface area contributed by atoms with Gasteiger partial charge in [-0.2, -0.15) is 0 Å². The minimum atomic E-state index is -0.856. The molecule has 0 spiro atoms. The fourth-order valence-corrected chi connectivity index (χ4v) is 3.67. The first-order chi connectivity index (χ1) is 11.5. The molecule has 2 rings (SSSR count). The fourth-order valence-electron chi connectivity index (χ4n) is 3.26. The Labute approximate surface area is 147 Å². The summed E-state index contributed by atoms with van der Waals surface area (Å²) in [5.74, 6) is -0.895. The number of hydrogen-bond acceptors (Lipinski definition) is 4. The van der Waals surface area contributed by atoms with Crippen molar-refractivity contribution in [3.63, 3.8) is 0 Å². The van der Waals surface area contributed by atoms with Crippen molar-refractivity contribution < 1.29 is 19.4 Å². The van der Waals surface area contributed by atoms with Crippen LogP contribution in [0.1, 0.15) is 36.0 Å². The van der Waals surface area contributed by atoms with Crippen molar-refractivity contribution in [2.24, 2.45) is 5.41 Å². The van der Waals surface area contributed by atoms with Gasteiger partial charge in [0.1, 0.15) is 0 Å². The minimum absolute atomic E-state index is 0.0836. The highest BCUT2D eigenvalue weighted by molar-refractivity contribution is 7.98. The number of hydrogen-bond donors (Lipinski definition) is 1. The summed E-state index contributed by atoms with van der Waals surface area (Å²) >= 11 is 1.63. The number of carbonyl (C=O) groups is 2. The summed E-state index contributed by atoms with van der Waals surface area (Å²) < 4.78 is 5.05. The van der Waals surface area contributed by atoms with E-state index in [4.69, 9.17) is 4.74 Å². The molecule has 0 radical (unpaired) electrons. The van der Waals surface area contributed by atoms with Crippen LogP contribution in [0.15, 0.2) is 29.2 Å². The van der Waals surface area contributed by atoms with Crippen LogP contribution < -0.4 is 0 Å². The molecule has 1 aliphatic rings. The fraction of sp³-hybridized carbons (Fsp3) is 0.556. The highest BCUT2D eigenvalue weighted by Gasteiger charge is 2.43. The molecule has 24 heavy (non-hydrogen) atoms. The Kier molecular flexibility index (Phi) is 6.69. The molecule has 1 aliphatic heterocycles. The SMILES string of the molecule is COCCCC1(C(=O)O)CCCN(C(=O)c2ccc(SC)cc2)C1. The van der Waals surface area contributed by atoms with Crippen molar-refractivity contribution in [3.8, 4) is 0 Å². The lowest BCUT2D eigenvalue weighted by atomic mass is 9.76. The van der Waals surface area contributed by atoms with Crippen LogP contribution in [-0.2, 0) is 9.53 Å². The van der Waals surface area contributed by atoms with E-state index < -0.39 is 11.4 Å². The predicted molar refractivity (Wildman–Crippen MR) is 94.5 cm³/mol. The predicted octanol–water partition coefficient (Wildman–Crippen LogP) is 3.14. The van der Waals surface area contributed by atoms with Gasteiger partial charge in [-0.05, 0) is 56.2 Å². The molecule has 0 aromatic heterocycles. The summed E-state index contributed by atoms with van der Waals surface area (Å²) in [4.78, 5) is 27.4. The molecule has 1 unspecified atom stereocenters. The lowest BCUT2D eigenvalue weighted by Crippen LogP contribution is -2.50. The second kappa shape index (κ2) is 8.53. The lowest BCUT2D eigenvalue weighted by molar-refractivity contribution is -0.152. The van der Waals surface area contributed by atoms with Gasteiger partial charge in [-0.3, -0.25) is 9.59 Å². The number of rotatable bonds is 7. The molecular formula is C18H25NO4S. The number of ether oxygens (including phenoxy) is 1. The van der Waals surface area contributed by atoms with Gasteiger partial charge in [0.25, 0.3) is 5.91 Å². The third-order valence-electron chi connectivity index (χ3n) is 4.66. The van der Waals surface area contributed by atoms with E-state index >= 15 is 0 Å². The van der Waals surface area contributed by atoms with Crippen LogP contribution in [0.4, 0.5) is 0 Å². The Balaban J connectivity index is 2.11. The number of carbonyl (C=O) groups excluding carboxylic acids is 1. The summed E-state index contributed by atoms with van der Waals surface area (Å²) in [6.45, 7) is 1.43. The molecule has 1 amide bonds. The molecular weight excluding hydrogens is 326 g/mol. The van der Waals surface area contributed by atoms with Gasteiger partial charge in [0.15, 0.2) is 0 Å². The van der Waals surface area contributed by atoms with Crippen LogP contribution in [0.3, 0.4) is 0 Å². The number of aliphatic carboxylic acids is 1. The van der Waals surface area contributed by atoms with Gasteiger partial charge in [-0.1, -0.05) is 0 Å². The van der Waals surface area contributed by atoms with Crippen LogP contribution in [0.25, 0.3) is 0 Å². The molecule has 1 fully saturated rings. The maximum Gasteiger partial charge on any atom is 0.311 e. The second-order valence-electron chi connectivity index (χ2n) is 6.24. The molecule has 0 saturated carbocycles. The molecule has 0 aliphatic carbocycles. The van der Waals surface area contributed by atoms with Gasteiger partial charge in [0.2, 0.25) is 0 Å². The van der Waals surface area contributed by atoms with E-state index in [0.717, 1.165) is 4.90 Å². The monoisotopic (exact) mass is 351 g/mol. The average molecular weight is 351 g/mol. The molecule has 6 heteroatoms. The topological polar surface area (TPSA) is 66.8 Å². The minimum Gasteiger partial charge on any atom is -0.481 e. The number of piperidine rings is 1. The number of likely N-dealkylation sites (tertiary alicyclic amines) is 1. The van der Waals surface area contributed by atoms with E-state index in [1.54, 1.807) is 23.8 Å². The number of carboxylic acid groups (broad SMARTS) is 1. The Hall–Kier alpha value is -1.53. The number of amides is 1. The van der Waals surface area contributed by atoms with Crippen molar-refractivity contribution in [2.75, 3.05) is 33.1 Å². The van der Waals surface area contributed by atoms with Gasteiger partial charge >= 0.3 is 5.97 Å². The zero-order valence-electron chi connectivity index (χ0n) is 14.3. The number of nitrogens with zero attached hydrogens (tertiary/aromatic N) is 1. The van der Waals surface area contributed by atoms with Crippen molar-refractivity contribution in [1.82, 2.24) is 4.90 Å². The molecule has 1 atom stereocenters. The molecule has 1 saturated heterocycles. The van der Waals surface area contributed by atoms with E-state index in [-0.39, 0.29) is 12.5 Å². The van der Waals surface area contributed by atoms with Crippen LogP contribution in [0.2, 0.25) is 0 Å². The molecule has 1 heterocycles. The zero-order chi connectivity index (χ0) is 17.6. The Morgan fingerprint density at radius 1 is 1.33 bits per heavy atom. The number of methoxy groups -OCH3 is 1. The van der Waals surface area contributed by atoms with Crippen LogP contribution in [0, 0.1) is 5.41 Å². The van der Waals surface area contributed by atoms with Crippen molar-refractivity contribution >= 4 is 23.6 Å². The van der Waals surface area contributed by atoms with Gasteiger partial charge < -0.3 is 14.7 Å². The summed E-state index contributed by atoms with van der Waals surface area (Å²) in [6, 6.07) is 7.47.